The number of carboxylic acid groups (broad SMARTS) is 1. The van der Waals surface area contributed by atoms with Crippen LogP contribution < -0.4 is 5.32 Å². The first-order chi connectivity index (χ1) is 7.16. The Bertz CT molecular complexity index is 165. The average molecular weight is 221 g/mol. The van der Waals surface area contributed by atoms with Crippen LogP contribution in [0.25, 0.3) is 0 Å². The van der Waals surface area contributed by atoms with Crippen molar-refractivity contribution in [2.45, 2.75) is 19.4 Å². The van der Waals surface area contributed by atoms with Gasteiger partial charge in [-0.2, -0.15) is 0 Å². The second-order valence-corrected chi connectivity index (χ2v) is 3.09. The maximum atomic E-state index is 10.2. The van der Waals surface area contributed by atoms with Crippen molar-refractivity contribution in [2.24, 2.45) is 0 Å². The van der Waals surface area contributed by atoms with Crippen LogP contribution in [-0.2, 0) is 9.47 Å². The standard InChI is InChI=1S/C9H19NO5/c1-8(10-9(12)13)2-4-14-6-7-15-5-3-11/h8,10-11H,2-7H2,1H3,(H,12,13). The molecule has 0 rings (SSSR count). The molecule has 6 nitrogen and oxygen atoms in total. The smallest absolute Gasteiger partial charge is 0.404 e. The van der Waals surface area contributed by atoms with Gasteiger partial charge in [-0.1, -0.05) is 0 Å². The Kier molecular flexibility index (Phi) is 9.15. The van der Waals surface area contributed by atoms with Crippen LogP contribution in [0, 0.1) is 0 Å². The summed E-state index contributed by atoms with van der Waals surface area (Å²) in [5.74, 6) is 0. The molecule has 0 aromatic rings. The largest absolute Gasteiger partial charge is 0.465 e. The third-order valence-electron chi connectivity index (χ3n) is 1.67. The fourth-order valence-corrected chi connectivity index (χ4v) is 0.930. The summed E-state index contributed by atoms with van der Waals surface area (Å²) in [5, 5.41) is 19.1. The number of rotatable bonds is 9. The van der Waals surface area contributed by atoms with Gasteiger partial charge in [0.25, 0.3) is 0 Å². The van der Waals surface area contributed by atoms with E-state index in [1.165, 1.54) is 0 Å². The van der Waals surface area contributed by atoms with E-state index in [1.54, 1.807) is 6.92 Å². The van der Waals surface area contributed by atoms with E-state index >= 15 is 0 Å². The molecule has 0 aliphatic rings. The van der Waals surface area contributed by atoms with Gasteiger partial charge in [0.15, 0.2) is 0 Å². The number of aliphatic hydroxyl groups excluding tert-OH is 1. The summed E-state index contributed by atoms with van der Waals surface area (Å²) in [4.78, 5) is 10.2. The van der Waals surface area contributed by atoms with Crippen LogP contribution in [0.3, 0.4) is 0 Å². The van der Waals surface area contributed by atoms with E-state index in [4.69, 9.17) is 19.7 Å². The number of hydrogen-bond donors (Lipinski definition) is 3. The highest BCUT2D eigenvalue weighted by molar-refractivity contribution is 5.64. The van der Waals surface area contributed by atoms with Gasteiger partial charge in [-0.25, -0.2) is 4.79 Å². The van der Waals surface area contributed by atoms with Crippen molar-refractivity contribution in [3.05, 3.63) is 0 Å². The van der Waals surface area contributed by atoms with E-state index in [1.807, 2.05) is 0 Å². The Morgan fingerprint density at radius 1 is 1.27 bits per heavy atom. The minimum atomic E-state index is -1.02. The lowest BCUT2D eigenvalue weighted by Gasteiger charge is -2.11. The number of ether oxygens (including phenoxy) is 2. The summed E-state index contributed by atoms with van der Waals surface area (Å²) >= 11 is 0. The van der Waals surface area contributed by atoms with Gasteiger partial charge in [-0.15, -0.1) is 0 Å². The van der Waals surface area contributed by atoms with E-state index in [0.29, 0.717) is 32.8 Å². The third-order valence-corrected chi connectivity index (χ3v) is 1.67. The summed E-state index contributed by atoms with van der Waals surface area (Å²) in [7, 11) is 0. The zero-order valence-corrected chi connectivity index (χ0v) is 8.94. The Labute approximate surface area is 89.2 Å². The molecular formula is C9H19NO5. The van der Waals surface area contributed by atoms with Gasteiger partial charge in [0.2, 0.25) is 0 Å². The first-order valence-corrected chi connectivity index (χ1v) is 4.92. The van der Waals surface area contributed by atoms with Gasteiger partial charge in [0, 0.05) is 12.6 Å². The predicted molar refractivity (Wildman–Crippen MR) is 54.0 cm³/mol. The molecule has 15 heavy (non-hydrogen) atoms. The number of carbonyl (C=O) groups is 1. The van der Waals surface area contributed by atoms with E-state index in [-0.39, 0.29) is 12.6 Å². The van der Waals surface area contributed by atoms with E-state index in [9.17, 15) is 4.79 Å². The second kappa shape index (κ2) is 9.70. The van der Waals surface area contributed by atoms with Crippen molar-refractivity contribution in [3.63, 3.8) is 0 Å². The lowest BCUT2D eigenvalue weighted by molar-refractivity contribution is 0.0310. The van der Waals surface area contributed by atoms with Gasteiger partial charge < -0.3 is 25.0 Å². The van der Waals surface area contributed by atoms with Crippen molar-refractivity contribution in [1.29, 1.82) is 0 Å². The SMILES string of the molecule is CC(CCOCCOCCO)NC(=O)O. The van der Waals surface area contributed by atoms with Gasteiger partial charge in [0.05, 0.1) is 26.4 Å². The third kappa shape index (κ3) is 11.1. The Morgan fingerprint density at radius 3 is 2.40 bits per heavy atom. The molecule has 0 fully saturated rings. The lowest BCUT2D eigenvalue weighted by Crippen LogP contribution is -2.32. The van der Waals surface area contributed by atoms with Crippen LogP contribution >= 0.6 is 0 Å². The van der Waals surface area contributed by atoms with Gasteiger partial charge in [0.1, 0.15) is 0 Å². The molecule has 0 saturated heterocycles. The van der Waals surface area contributed by atoms with Crippen LogP contribution in [0.4, 0.5) is 4.79 Å². The number of aliphatic hydroxyl groups is 1. The molecule has 0 aromatic heterocycles. The summed E-state index contributed by atoms with van der Waals surface area (Å²) in [6.07, 6.45) is -0.388. The fraction of sp³-hybridized carbons (Fsp3) is 0.889. The highest BCUT2D eigenvalue weighted by Gasteiger charge is 2.03. The fourth-order valence-electron chi connectivity index (χ4n) is 0.930. The quantitative estimate of drug-likeness (QED) is 0.479. The molecule has 0 aliphatic carbocycles. The van der Waals surface area contributed by atoms with Crippen LogP contribution in [0.2, 0.25) is 0 Å². The molecule has 3 N–H and O–H groups in total. The van der Waals surface area contributed by atoms with Crippen LogP contribution in [0.15, 0.2) is 0 Å². The Balaban J connectivity index is 3.13. The first-order valence-electron chi connectivity index (χ1n) is 4.92. The maximum absolute atomic E-state index is 10.2. The van der Waals surface area contributed by atoms with Crippen LogP contribution in [0.5, 0.6) is 0 Å². The van der Waals surface area contributed by atoms with Crippen LogP contribution in [0.1, 0.15) is 13.3 Å². The monoisotopic (exact) mass is 221 g/mol. The second-order valence-electron chi connectivity index (χ2n) is 3.09. The molecule has 0 spiro atoms. The maximum Gasteiger partial charge on any atom is 0.404 e. The molecular weight excluding hydrogens is 202 g/mol. The molecule has 1 unspecified atom stereocenters. The molecule has 90 valence electrons. The molecule has 0 bridgehead atoms. The molecule has 1 atom stereocenters. The predicted octanol–water partition coefficient (Wildman–Crippen LogP) is 0.0581. The summed E-state index contributed by atoms with van der Waals surface area (Å²) < 4.78 is 10.2. The van der Waals surface area contributed by atoms with Crippen molar-refractivity contribution in [3.8, 4) is 0 Å². The first kappa shape index (κ1) is 14.2. The highest BCUT2D eigenvalue weighted by Crippen LogP contribution is 1.91. The van der Waals surface area contributed by atoms with Gasteiger partial charge in [-0.05, 0) is 13.3 Å². The average Bonchev–Trinajstić information content (AvgIpc) is 2.15. The summed E-state index contributed by atoms with van der Waals surface area (Å²) in [6.45, 7) is 3.50. The molecule has 1 amide bonds. The minimum Gasteiger partial charge on any atom is -0.465 e. The van der Waals surface area contributed by atoms with Crippen molar-refractivity contribution in [2.75, 3.05) is 33.0 Å². The van der Waals surface area contributed by atoms with Crippen molar-refractivity contribution < 1.29 is 24.5 Å². The minimum absolute atomic E-state index is 0.0135. The molecule has 0 radical (unpaired) electrons. The number of hydrogen-bond acceptors (Lipinski definition) is 4. The zero-order valence-electron chi connectivity index (χ0n) is 8.94. The molecule has 0 aromatic carbocycles. The lowest BCUT2D eigenvalue weighted by atomic mass is 10.2. The van der Waals surface area contributed by atoms with Crippen molar-refractivity contribution in [1.82, 2.24) is 5.32 Å². The Hall–Kier alpha value is -0.850. The molecule has 0 aliphatic heterocycles. The Morgan fingerprint density at radius 2 is 1.87 bits per heavy atom. The van der Waals surface area contributed by atoms with Crippen molar-refractivity contribution >= 4 is 6.09 Å². The molecule has 0 saturated carbocycles. The van der Waals surface area contributed by atoms with Gasteiger partial charge >= 0.3 is 6.09 Å². The molecule has 0 heterocycles. The van der Waals surface area contributed by atoms with E-state index in [0.717, 1.165) is 0 Å². The van der Waals surface area contributed by atoms with E-state index in [2.05, 4.69) is 5.32 Å². The topological polar surface area (TPSA) is 88.0 Å². The zero-order chi connectivity index (χ0) is 11.5. The van der Waals surface area contributed by atoms with E-state index < -0.39 is 6.09 Å². The summed E-state index contributed by atoms with van der Waals surface area (Å²) in [6, 6.07) is -0.110. The van der Waals surface area contributed by atoms with Crippen LogP contribution in [-0.4, -0.2) is 55.4 Å². The number of nitrogens with one attached hydrogen (secondary N) is 1. The molecule has 6 heteroatoms. The normalized spacial score (nSPS) is 12.4. The summed E-state index contributed by atoms with van der Waals surface area (Å²) in [5.41, 5.74) is 0. The van der Waals surface area contributed by atoms with Gasteiger partial charge in [-0.3, -0.25) is 0 Å². The highest BCUT2D eigenvalue weighted by atomic mass is 16.5. The number of amides is 1.